The van der Waals surface area contributed by atoms with Crippen molar-refractivity contribution in [3.8, 4) is 0 Å². The number of unbranched alkanes of at least 4 members (excludes halogenated alkanes) is 3. The molecule has 0 bridgehead atoms. The van der Waals surface area contributed by atoms with Crippen LogP contribution >= 0.6 is 0 Å². The maximum atomic E-state index is 12.0. The highest BCUT2D eigenvalue weighted by atomic mass is 16.4. The Bertz CT molecular complexity index is 347. The molecule has 0 aliphatic rings. The molecule has 0 aromatic carbocycles. The minimum Gasteiger partial charge on any atom is -0.481 e. The summed E-state index contributed by atoms with van der Waals surface area (Å²) in [6.07, 6.45) is 4.08. The number of carbonyl (C=O) groups excluding carboxylic acids is 2. The lowest BCUT2D eigenvalue weighted by molar-refractivity contribution is -0.137. The number of amides is 3. The van der Waals surface area contributed by atoms with E-state index in [2.05, 4.69) is 10.6 Å². The molecule has 2 atom stereocenters. The summed E-state index contributed by atoms with van der Waals surface area (Å²) in [6, 6.07) is -1.32. The lowest BCUT2D eigenvalue weighted by atomic mass is 9.98. The Hall–Kier alpha value is -1.79. The predicted octanol–water partition coefficient (Wildman–Crippen LogP) is 1.22. The molecule has 0 saturated carbocycles. The summed E-state index contributed by atoms with van der Waals surface area (Å²) in [5.41, 5.74) is 5.08. The van der Waals surface area contributed by atoms with E-state index < -0.39 is 18.0 Å². The summed E-state index contributed by atoms with van der Waals surface area (Å²) in [6.45, 7) is 4.33. The highest BCUT2D eigenvalue weighted by Gasteiger charge is 2.24. The van der Waals surface area contributed by atoms with Crippen LogP contribution in [0.3, 0.4) is 0 Å². The standard InChI is InChI=1S/C14H27N3O4/c1-3-10(2)12(17-14(15)21)13(20)16-9-7-5-4-6-8-11(18)19/h10,12H,3-9H2,1-2H3,(H,16,20)(H,18,19)(H3,15,17,21). The van der Waals surface area contributed by atoms with Crippen molar-refractivity contribution in [2.45, 2.75) is 58.4 Å². The van der Waals surface area contributed by atoms with Gasteiger partial charge < -0.3 is 21.5 Å². The van der Waals surface area contributed by atoms with E-state index in [1.165, 1.54) is 0 Å². The highest BCUT2D eigenvalue weighted by Crippen LogP contribution is 2.08. The number of aliphatic carboxylic acids is 1. The SMILES string of the molecule is CCC(C)C(NC(N)=O)C(=O)NCCCCCCC(=O)O. The minimum atomic E-state index is -0.780. The Kier molecular flexibility index (Phi) is 10.0. The third kappa shape index (κ3) is 9.70. The van der Waals surface area contributed by atoms with Crippen molar-refractivity contribution in [3.63, 3.8) is 0 Å². The summed E-state index contributed by atoms with van der Waals surface area (Å²) in [5, 5.41) is 13.7. The maximum Gasteiger partial charge on any atom is 0.312 e. The van der Waals surface area contributed by atoms with Gasteiger partial charge >= 0.3 is 12.0 Å². The van der Waals surface area contributed by atoms with Gasteiger partial charge in [0.2, 0.25) is 5.91 Å². The van der Waals surface area contributed by atoms with Crippen LogP contribution in [0.4, 0.5) is 4.79 Å². The molecule has 0 saturated heterocycles. The van der Waals surface area contributed by atoms with Gasteiger partial charge in [0.05, 0.1) is 0 Å². The number of rotatable bonds is 11. The molecule has 0 aliphatic heterocycles. The van der Waals surface area contributed by atoms with Crippen LogP contribution in [0, 0.1) is 5.92 Å². The van der Waals surface area contributed by atoms with Gasteiger partial charge in [0.1, 0.15) is 6.04 Å². The molecule has 5 N–H and O–H groups in total. The second-order valence-corrected chi connectivity index (χ2v) is 5.22. The number of primary amides is 1. The van der Waals surface area contributed by atoms with E-state index in [1.54, 1.807) is 0 Å². The van der Waals surface area contributed by atoms with Gasteiger partial charge in [-0.3, -0.25) is 9.59 Å². The van der Waals surface area contributed by atoms with Crippen molar-refractivity contribution in [1.82, 2.24) is 10.6 Å². The third-order valence-corrected chi connectivity index (χ3v) is 3.41. The van der Waals surface area contributed by atoms with Crippen molar-refractivity contribution in [1.29, 1.82) is 0 Å². The second kappa shape index (κ2) is 10.9. The van der Waals surface area contributed by atoms with Crippen LogP contribution in [-0.4, -0.2) is 35.6 Å². The van der Waals surface area contributed by atoms with Crippen LogP contribution in [0.5, 0.6) is 0 Å². The number of nitrogens with one attached hydrogen (secondary N) is 2. The van der Waals surface area contributed by atoms with Crippen LogP contribution in [-0.2, 0) is 9.59 Å². The van der Waals surface area contributed by atoms with E-state index in [-0.39, 0.29) is 18.2 Å². The number of nitrogens with two attached hydrogens (primary N) is 1. The van der Waals surface area contributed by atoms with Gasteiger partial charge in [0, 0.05) is 13.0 Å². The highest BCUT2D eigenvalue weighted by molar-refractivity contribution is 5.86. The number of urea groups is 1. The van der Waals surface area contributed by atoms with Crippen molar-refractivity contribution in [2.75, 3.05) is 6.54 Å². The zero-order valence-electron chi connectivity index (χ0n) is 12.9. The topological polar surface area (TPSA) is 122 Å². The van der Waals surface area contributed by atoms with Gasteiger partial charge in [0.25, 0.3) is 0 Å². The number of carboxylic acid groups (broad SMARTS) is 1. The Morgan fingerprint density at radius 2 is 1.76 bits per heavy atom. The number of carboxylic acids is 1. The van der Waals surface area contributed by atoms with Gasteiger partial charge in [0.15, 0.2) is 0 Å². The van der Waals surface area contributed by atoms with E-state index in [0.717, 1.165) is 25.7 Å². The zero-order chi connectivity index (χ0) is 16.3. The Morgan fingerprint density at radius 3 is 2.29 bits per heavy atom. The first-order valence-electron chi connectivity index (χ1n) is 7.44. The first-order valence-corrected chi connectivity index (χ1v) is 7.44. The van der Waals surface area contributed by atoms with Crippen molar-refractivity contribution < 1.29 is 19.5 Å². The molecule has 0 rings (SSSR count). The summed E-state index contributed by atoms with van der Waals surface area (Å²) < 4.78 is 0. The monoisotopic (exact) mass is 301 g/mol. The summed E-state index contributed by atoms with van der Waals surface area (Å²) >= 11 is 0. The lowest BCUT2D eigenvalue weighted by Gasteiger charge is -2.22. The fourth-order valence-corrected chi connectivity index (χ4v) is 1.93. The van der Waals surface area contributed by atoms with Crippen LogP contribution in [0.25, 0.3) is 0 Å². The smallest absolute Gasteiger partial charge is 0.312 e. The molecule has 0 aromatic heterocycles. The average molecular weight is 301 g/mol. The van der Waals surface area contributed by atoms with Gasteiger partial charge in [-0.25, -0.2) is 4.79 Å². The Morgan fingerprint density at radius 1 is 1.14 bits per heavy atom. The van der Waals surface area contributed by atoms with Crippen molar-refractivity contribution in [3.05, 3.63) is 0 Å². The average Bonchev–Trinajstić information content (AvgIpc) is 2.42. The molecule has 21 heavy (non-hydrogen) atoms. The summed E-state index contributed by atoms with van der Waals surface area (Å²) in [4.78, 5) is 33.3. The predicted molar refractivity (Wildman–Crippen MR) is 79.7 cm³/mol. The molecule has 7 nitrogen and oxygen atoms in total. The van der Waals surface area contributed by atoms with Crippen LogP contribution in [0.15, 0.2) is 0 Å². The Balaban J connectivity index is 3.92. The van der Waals surface area contributed by atoms with Crippen molar-refractivity contribution >= 4 is 17.9 Å². The summed E-state index contributed by atoms with van der Waals surface area (Å²) in [7, 11) is 0. The molecule has 0 aliphatic carbocycles. The number of carbonyl (C=O) groups is 3. The molecule has 7 heteroatoms. The number of hydrogen-bond acceptors (Lipinski definition) is 3. The van der Waals surface area contributed by atoms with Crippen LogP contribution in [0.2, 0.25) is 0 Å². The van der Waals surface area contributed by atoms with Gasteiger partial charge in [-0.1, -0.05) is 33.1 Å². The van der Waals surface area contributed by atoms with Crippen molar-refractivity contribution in [2.24, 2.45) is 11.7 Å². The molecular formula is C14H27N3O4. The number of hydrogen-bond donors (Lipinski definition) is 4. The molecule has 3 amide bonds. The van der Waals surface area contributed by atoms with Gasteiger partial charge in [-0.15, -0.1) is 0 Å². The second-order valence-electron chi connectivity index (χ2n) is 5.22. The van der Waals surface area contributed by atoms with E-state index in [4.69, 9.17) is 10.8 Å². The normalized spacial score (nSPS) is 13.2. The third-order valence-electron chi connectivity index (χ3n) is 3.41. The van der Waals surface area contributed by atoms with Crippen LogP contribution in [0.1, 0.15) is 52.4 Å². The maximum absolute atomic E-state index is 12.0. The molecule has 122 valence electrons. The van der Waals surface area contributed by atoms with E-state index in [1.807, 2.05) is 13.8 Å². The molecule has 0 fully saturated rings. The molecule has 2 unspecified atom stereocenters. The zero-order valence-corrected chi connectivity index (χ0v) is 12.9. The molecule has 0 heterocycles. The van der Waals surface area contributed by atoms with Crippen LogP contribution < -0.4 is 16.4 Å². The van der Waals surface area contributed by atoms with Gasteiger partial charge in [-0.05, 0) is 18.8 Å². The van der Waals surface area contributed by atoms with Gasteiger partial charge in [-0.2, -0.15) is 0 Å². The fourth-order valence-electron chi connectivity index (χ4n) is 1.93. The van der Waals surface area contributed by atoms with E-state index in [0.29, 0.717) is 13.0 Å². The minimum absolute atomic E-state index is 0.00747. The first kappa shape index (κ1) is 19.2. The van der Waals surface area contributed by atoms with E-state index in [9.17, 15) is 14.4 Å². The van der Waals surface area contributed by atoms with E-state index >= 15 is 0 Å². The molecule has 0 radical (unpaired) electrons. The molecule has 0 spiro atoms. The largest absolute Gasteiger partial charge is 0.481 e. The quantitative estimate of drug-likeness (QED) is 0.429. The first-order chi connectivity index (χ1) is 9.88. The fraction of sp³-hybridized carbons (Fsp3) is 0.786. The molecular weight excluding hydrogens is 274 g/mol. The Labute approximate surface area is 125 Å². The lowest BCUT2D eigenvalue weighted by Crippen LogP contribution is -2.51. The molecule has 0 aromatic rings. The summed E-state index contributed by atoms with van der Waals surface area (Å²) in [5.74, 6) is -1.00.